The van der Waals surface area contributed by atoms with E-state index in [1.807, 2.05) is 6.07 Å². The van der Waals surface area contributed by atoms with Crippen LogP contribution in [0.2, 0.25) is 5.02 Å². The molecule has 0 aliphatic heterocycles. The molecule has 1 atom stereocenters. The molecule has 0 fully saturated rings. The summed E-state index contributed by atoms with van der Waals surface area (Å²) in [5.74, 6) is -1.56. The van der Waals surface area contributed by atoms with Crippen LogP contribution in [0.3, 0.4) is 0 Å². The second-order valence-electron chi connectivity index (χ2n) is 5.44. The molecule has 0 amide bonds. The zero-order valence-electron chi connectivity index (χ0n) is 11.4. The number of Topliss-reactive ketones (excluding diaryl/α,β-unsaturated/α-hetero) is 1. The lowest BCUT2D eigenvalue weighted by atomic mass is 9.85. The van der Waals surface area contributed by atoms with Gasteiger partial charge in [-0.3, -0.25) is 4.79 Å². The van der Waals surface area contributed by atoms with Crippen molar-refractivity contribution in [1.82, 2.24) is 0 Å². The SMILES string of the molecule is CCC1(C)Cc2cc(Cl)c(C(=O)C(=O)OC)cc2C1. The maximum atomic E-state index is 11.9. The normalized spacial score (nSPS) is 21.1. The smallest absolute Gasteiger partial charge is 0.379 e. The van der Waals surface area contributed by atoms with Gasteiger partial charge in [-0.25, -0.2) is 4.79 Å². The minimum atomic E-state index is -0.877. The van der Waals surface area contributed by atoms with Crippen LogP contribution in [0.5, 0.6) is 0 Å². The third kappa shape index (κ3) is 2.52. The maximum absolute atomic E-state index is 11.9. The van der Waals surface area contributed by atoms with Crippen molar-refractivity contribution >= 4 is 23.4 Å². The zero-order chi connectivity index (χ0) is 14.2. The first-order valence-corrected chi connectivity index (χ1v) is 6.72. The highest BCUT2D eigenvalue weighted by molar-refractivity contribution is 6.45. The predicted molar refractivity (Wildman–Crippen MR) is 73.6 cm³/mol. The summed E-state index contributed by atoms with van der Waals surface area (Å²) in [4.78, 5) is 23.2. The van der Waals surface area contributed by atoms with Crippen LogP contribution in [0.25, 0.3) is 0 Å². The Morgan fingerprint density at radius 3 is 2.42 bits per heavy atom. The Morgan fingerprint density at radius 1 is 1.32 bits per heavy atom. The molecule has 2 rings (SSSR count). The van der Waals surface area contributed by atoms with Crippen LogP contribution >= 0.6 is 11.6 Å². The number of halogens is 1. The van der Waals surface area contributed by atoms with E-state index in [4.69, 9.17) is 11.6 Å². The van der Waals surface area contributed by atoms with Gasteiger partial charge in [0.2, 0.25) is 0 Å². The standard InChI is InChI=1S/C15H17ClO3/c1-4-15(2)7-9-5-11(13(17)14(18)19-3)12(16)6-10(9)8-15/h5-6H,4,7-8H2,1-3H3. The van der Waals surface area contributed by atoms with Gasteiger partial charge < -0.3 is 4.74 Å². The van der Waals surface area contributed by atoms with Crippen LogP contribution in [-0.4, -0.2) is 18.9 Å². The molecule has 102 valence electrons. The first kappa shape index (κ1) is 14.1. The van der Waals surface area contributed by atoms with Crippen molar-refractivity contribution in [2.75, 3.05) is 7.11 Å². The molecule has 1 aliphatic carbocycles. The van der Waals surface area contributed by atoms with E-state index in [0.717, 1.165) is 24.8 Å². The summed E-state index contributed by atoms with van der Waals surface area (Å²) in [6, 6.07) is 3.56. The number of methoxy groups -OCH3 is 1. The minimum absolute atomic E-state index is 0.221. The van der Waals surface area contributed by atoms with E-state index in [1.54, 1.807) is 6.07 Å². The third-order valence-corrected chi connectivity index (χ3v) is 4.31. The third-order valence-electron chi connectivity index (χ3n) is 3.99. The number of carbonyl (C=O) groups is 2. The van der Waals surface area contributed by atoms with Crippen molar-refractivity contribution in [3.05, 3.63) is 33.8 Å². The van der Waals surface area contributed by atoms with Crippen LogP contribution < -0.4 is 0 Å². The fraction of sp³-hybridized carbons (Fsp3) is 0.467. The van der Waals surface area contributed by atoms with Gasteiger partial charge in [-0.2, -0.15) is 0 Å². The summed E-state index contributed by atoms with van der Waals surface area (Å²) in [5.41, 5.74) is 2.75. The number of benzene rings is 1. The monoisotopic (exact) mass is 280 g/mol. The van der Waals surface area contributed by atoms with E-state index in [0.29, 0.717) is 5.02 Å². The van der Waals surface area contributed by atoms with Crippen molar-refractivity contribution in [2.24, 2.45) is 5.41 Å². The molecule has 19 heavy (non-hydrogen) atoms. The number of rotatable bonds is 3. The van der Waals surface area contributed by atoms with Crippen molar-refractivity contribution in [2.45, 2.75) is 33.1 Å². The molecule has 4 heteroatoms. The molecule has 0 saturated carbocycles. The van der Waals surface area contributed by atoms with E-state index >= 15 is 0 Å². The van der Waals surface area contributed by atoms with Crippen molar-refractivity contribution in [1.29, 1.82) is 0 Å². The molecule has 0 bridgehead atoms. The summed E-state index contributed by atoms with van der Waals surface area (Å²) in [5, 5.41) is 0.328. The van der Waals surface area contributed by atoms with Crippen LogP contribution in [0, 0.1) is 5.41 Å². The van der Waals surface area contributed by atoms with Crippen LogP contribution in [-0.2, 0) is 22.4 Å². The maximum Gasteiger partial charge on any atom is 0.379 e. The summed E-state index contributed by atoms with van der Waals surface area (Å²) in [6.45, 7) is 4.39. The lowest BCUT2D eigenvalue weighted by Gasteiger charge is -2.20. The molecule has 0 spiro atoms. The van der Waals surface area contributed by atoms with Crippen LogP contribution in [0.15, 0.2) is 12.1 Å². The molecule has 0 heterocycles. The number of hydrogen-bond acceptors (Lipinski definition) is 3. The lowest BCUT2D eigenvalue weighted by molar-refractivity contribution is -0.135. The topological polar surface area (TPSA) is 43.4 Å². The molecule has 0 radical (unpaired) electrons. The van der Waals surface area contributed by atoms with Gasteiger partial charge in [0.1, 0.15) is 0 Å². The van der Waals surface area contributed by atoms with E-state index in [9.17, 15) is 9.59 Å². The summed E-state index contributed by atoms with van der Waals surface area (Å²) < 4.78 is 4.46. The van der Waals surface area contributed by atoms with Gasteiger partial charge in [0.05, 0.1) is 12.1 Å². The van der Waals surface area contributed by atoms with Crippen molar-refractivity contribution < 1.29 is 14.3 Å². The fourth-order valence-corrected chi connectivity index (χ4v) is 2.87. The van der Waals surface area contributed by atoms with Gasteiger partial charge in [-0.15, -0.1) is 0 Å². The van der Waals surface area contributed by atoms with Crippen molar-refractivity contribution in [3.8, 4) is 0 Å². The van der Waals surface area contributed by atoms with E-state index in [-0.39, 0.29) is 11.0 Å². The van der Waals surface area contributed by atoms with Crippen LogP contribution in [0.4, 0.5) is 0 Å². The Labute approximate surface area is 117 Å². The first-order valence-electron chi connectivity index (χ1n) is 6.34. The molecular formula is C15H17ClO3. The molecule has 1 unspecified atom stereocenters. The Morgan fingerprint density at radius 2 is 1.89 bits per heavy atom. The zero-order valence-corrected chi connectivity index (χ0v) is 12.1. The minimum Gasteiger partial charge on any atom is -0.463 e. The van der Waals surface area contributed by atoms with Gasteiger partial charge in [0, 0.05) is 5.56 Å². The summed E-state index contributed by atoms with van der Waals surface area (Å²) in [6.07, 6.45) is 2.95. The number of fused-ring (bicyclic) bond motifs is 1. The van der Waals surface area contributed by atoms with E-state index in [1.165, 1.54) is 12.7 Å². The Balaban J connectivity index is 2.40. The number of ether oxygens (including phenoxy) is 1. The number of carbonyl (C=O) groups excluding carboxylic acids is 2. The predicted octanol–water partition coefficient (Wildman–Crippen LogP) is 3.21. The van der Waals surface area contributed by atoms with E-state index in [2.05, 4.69) is 18.6 Å². The second-order valence-corrected chi connectivity index (χ2v) is 5.85. The van der Waals surface area contributed by atoms with E-state index < -0.39 is 11.8 Å². The summed E-state index contributed by atoms with van der Waals surface area (Å²) in [7, 11) is 1.19. The molecular weight excluding hydrogens is 264 g/mol. The van der Waals surface area contributed by atoms with Gasteiger partial charge in [0.25, 0.3) is 5.78 Å². The number of hydrogen-bond donors (Lipinski definition) is 0. The number of ketones is 1. The van der Waals surface area contributed by atoms with Crippen molar-refractivity contribution in [3.63, 3.8) is 0 Å². The second kappa shape index (κ2) is 4.97. The number of esters is 1. The van der Waals surface area contributed by atoms with Gasteiger partial charge >= 0.3 is 5.97 Å². The Hall–Kier alpha value is -1.35. The fourth-order valence-electron chi connectivity index (χ4n) is 2.60. The van der Waals surface area contributed by atoms with Gasteiger partial charge in [0.15, 0.2) is 0 Å². The lowest BCUT2D eigenvalue weighted by Crippen LogP contribution is -2.16. The molecule has 1 aliphatic rings. The Bertz CT molecular complexity index is 551. The van der Waals surface area contributed by atoms with Gasteiger partial charge in [-0.1, -0.05) is 31.9 Å². The highest BCUT2D eigenvalue weighted by Crippen LogP contribution is 2.41. The molecule has 0 aromatic heterocycles. The molecule has 3 nitrogen and oxygen atoms in total. The summed E-state index contributed by atoms with van der Waals surface area (Å²) >= 11 is 6.11. The first-order chi connectivity index (χ1) is 8.90. The average molecular weight is 281 g/mol. The van der Waals surface area contributed by atoms with Gasteiger partial charge in [-0.05, 0) is 41.5 Å². The highest BCUT2D eigenvalue weighted by Gasteiger charge is 2.33. The molecule has 0 saturated heterocycles. The highest BCUT2D eigenvalue weighted by atomic mass is 35.5. The molecule has 0 N–H and O–H groups in total. The Kier molecular flexibility index (Phi) is 3.68. The molecule has 1 aromatic rings. The average Bonchev–Trinajstić information content (AvgIpc) is 2.72. The largest absolute Gasteiger partial charge is 0.463 e. The molecule has 1 aromatic carbocycles. The quantitative estimate of drug-likeness (QED) is 0.485. The van der Waals surface area contributed by atoms with Crippen LogP contribution in [0.1, 0.15) is 41.8 Å².